The minimum atomic E-state index is -0.121. The second-order valence-corrected chi connectivity index (χ2v) is 8.74. The lowest BCUT2D eigenvalue weighted by atomic mass is 9.55. The second kappa shape index (κ2) is 5.66. The van der Waals surface area contributed by atoms with Crippen molar-refractivity contribution in [1.29, 1.82) is 0 Å². The minimum absolute atomic E-state index is 0.0629. The molecule has 3 nitrogen and oxygen atoms in total. The predicted octanol–water partition coefficient (Wildman–Crippen LogP) is 4.40. The number of hydrogen-bond donors (Lipinski definition) is 2. The molecule has 0 spiro atoms. The number of benzene rings is 1. The molecular formula is C21H30O3. The van der Waals surface area contributed by atoms with Gasteiger partial charge in [0, 0.05) is 0 Å². The molecule has 0 amide bonds. The van der Waals surface area contributed by atoms with E-state index in [0.29, 0.717) is 23.5 Å². The van der Waals surface area contributed by atoms with Gasteiger partial charge in [0.25, 0.3) is 0 Å². The molecule has 1 aromatic carbocycles. The molecule has 2 N–H and O–H groups in total. The van der Waals surface area contributed by atoms with Crippen LogP contribution in [0.1, 0.15) is 69.9 Å². The summed E-state index contributed by atoms with van der Waals surface area (Å²) in [5, 5.41) is 20.8. The molecular weight excluding hydrogens is 300 g/mol. The first-order chi connectivity index (χ1) is 11.4. The smallest absolute Gasteiger partial charge is 0.161 e. The second-order valence-electron chi connectivity index (χ2n) is 8.74. The van der Waals surface area contributed by atoms with E-state index in [1.54, 1.807) is 0 Å². The third-order valence-corrected chi connectivity index (χ3v) is 7.12. The highest BCUT2D eigenvalue weighted by Gasteiger charge is 2.54. The summed E-state index contributed by atoms with van der Waals surface area (Å²) in [6.07, 6.45) is 6.56. The zero-order chi connectivity index (χ0) is 17.1. The molecule has 2 fully saturated rings. The fraction of sp³-hybridized carbons (Fsp3) is 0.714. The van der Waals surface area contributed by atoms with E-state index in [4.69, 9.17) is 4.74 Å². The van der Waals surface area contributed by atoms with E-state index in [1.165, 1.54) is 24.0 Å². The maximum atomic E-state index is 10.5. The summed E-state index contributed by atoms with van der Waals surface area (Å²) in [6, 6.07) is 4.04. The van der Waals surface area contributed by atoms with Crippen LogP contribution in [0.5, 0.6) is 11.5 Å². The minimum Gasteiger partial charge on any atom is -0.504 e. The fourth-order valence-electron chi connectivity index (χ4n) is 5.91. The zero-order valence-corrected chi connectivity index (χ0v) is 15.1. The Balaban J connectivity index is 1.69. The summed E-state index contributed by atoms with van der Waals surface area (Å²) in [7, 11) is 0. The Labute approximate surface area is 145 Å². The van der Waals surface area contributed by atoms with Crippen LogP contribution in [0.4, 0.5) is 0 Å². The van der Waals surface area contributed by atoms with Crippen molar-refractivity contribution >= 4 is 0 Å². The zero-order valence-electron chi connectivity index (χ0n) is 15.1. The van der Waals surface area contributed by atoms with Gasteiger partial charge in [-0.05, 0) is 98.8 Å². The molecule has 3 heteroatoms. The largest absolute Gasteiger partial charge is 0.504 e. The summed E-state index contributed by atoms with van der Waals surface area (Å²) in [6.45, 7) is 6.30. The molecule has 1 aromatic rings. The lowest BCUT2D eigenvalue weighted by molar-refractivity contribution is -0.0226. The number of rotatable bonds is 2. The average molecular weight is 330 g/mol. The molecule has 2 saturated carbocycles. The predicted molar refractivity (Wildman–Crippen MR) is 94.5 cm³/mol. The number of aliphatic hydroxyl groups is 1. The van der Waals surface area contributed by atoms with Gasteiger partial charge < -0.3 is 14.9 Å². The topological polar surface area (TPSA) is 49.7 Å². The average Bonchev–Trinajstić information content (AvgIpc) is 2.83. The summed E-state index contributed by atoms with van der Waals surface area (Å²) >= 11 is 0. The van der Waals surface area contributed by atoms with Crippen LogP contribution < -0.4 is 4.74 Å². The molecule has 0 saturated heterocycles. The van der Waals surface area contributed by atoms with E-state index >= 15 is 0 Å². The van der Waals surface area contributed by atoms with Gasteiger partial charge in [-0.25, -0.2) is 0 Å². The van der Waals surface area contributed by atoms with E-state index in [1.807, 2.05) is 19.9 Å². The summed E-state index contributed by atoms with van der Waals surface area (Å²) in [5.41, 5.74) is 2.81. The highest BCUT2D eigenvalue weighted by Crippen LogP contribution is 2.61. The molecule has 0 heterocycles. The van der Waals surface area contributed by atoms with Gasteiger partial charge in [0.2, 0.25) is 0 Å². The first kappa shape index (κ1) is 16.3. The van der Waals surface area contributed by atoms with E-state index in [9.17, 15) is 10.2 Å². The van der Waals surface area contributed by atoms with Gasteiger partial charge in [-0.15, -0.1) is 0 Å². The van der Waals surface area contributed by atoms with Gasteiger partial charge in [-0.3, -0.25) is 0 Å². The van der Waals surface area contributed by atoms with Crippen LogP contribution in [0.15, 0.2) is 12.1 Å². The molecule has 4 rings (SSSR count). The maximum Gasteiger partial charge on any atom is 0.161 e. The van der Waals surface area contributed by atoms with Crippen LogP contribution in [0.3, 0.4) is 0 Å². The van der Waals surface area contributed by atoms with Gasteiger partial charge in [0.1, 0.15) is 0 Å². The molecule has 3 aliphatic rings. The van der Waals surface area contributed by atoms with Crippen LogP contribution in [-0.4, -0.2) is 22.4 Å². The van der Waals surface area contributed by atoms with E-state index in [0.717, 1.165) is 25.7 Å². The quantitative estimate of drug-likeness (QED) is 0.845. The van der Waals surface area contributed by atoms with Crippen LogP contribution in [0.25, 0.3) is 0 Å². The molecule has 0 radical (unpaired) electrons. The number of fused-ring (bicyclic) bond motifs is 5. The molecule has 0 aliphatic heterocycles. The van der Waals surface area contributed by atoms with Gasteiger partial charge in [-0.1, -0.05) is 6.92 Å². The fourth-order valence-corrected chi connectivity index (χ4v) is 5.91. The lowest BCUT2D eigenvalue weighted by Gasteiger charge is -2.50. The number of hydrogen-bond acceptors (Lipinski definition) is 3. The van der Waals surface area contributed by atoms with Crippen molar-refractivity contribution in [2.75, 3.05) is 0 Å². The molecule has 0 unspecified atom stereocenters. The Hall–Kier alpha value is -1.22. The summed E-state index contributed by atoms with van der Waals surface area (Å²) < 4.78 is 5.82. The Morgan fingerprint density at radius 3 is 2.71 bits per heavy atom. The first-order valence-corrected chi connectivity index (χ1v) is 9.60. The van der Waals surface area contributed by atoms with Gasteiger partial charge >= 0.3 is 0 Å². The van der Waals surface area contributed by atoms with Crippen molar-refractivity contribution in [3.05, 3.63) is 23.3 Å². The summed E-state index contributed by atoms with van der Waals surface area (Å²) in [5.74, 6) is 2.78. The number of phenolic OH excluding ortho intramolecular Hbond substituents is 1. The van der Waals surface area contributed by atoms with E-state index < -0.39 is 0 Å². The van der Waals surface area contributed by atoms with Crippen molar-refractivity contribution in [1.82, 2.24) is 0 Å². The number of aryl methyl sites for hydroxylation is 1. The molecule has 132 valence electrons. The molecule has 0 bridgehead atoms. The van der Waals surface area contributed by atoms with Crippen molar-refractivity contribution in [3.63, 3.8) is 0 Å². The van der Waals surface area contributed by atoms with Crippen LogP contribution >= 0.6 is 0 Å². The monoisotopic (exact) mass is 330 g/mol. The van der Waals surface area contributed by atoms with Gasteiger partial charge in [0.05, 0.1) is 12.2 Å². The Bertz CT molecular complexity index is 638. The standard InChI is InChI=1S/C21H30O3/c1-12(2)24-19-11-16-13(10-18(19)22)4-5-15-14(16)8-9-21(3)17(15)6-7-20(21)23/h10-12,14-15,17,20,22-23H,4-9H2,1-3H3/t14-,15+,17-,20-,21-/m0/s1. The first-order valence-electron chi connectivity index (χ1n) is 9.60. The van der Waals surface area contributed by atoms with Crippen molar-refractivity contribution in [3.8, 4) is 11.5 Å². The van der Waals surface area contributed by atoms with Crippen molar-refractivity contribution in [2.24, 2.45) is 17.3 Å². The molecule has 24 heavy (non-hydrogen) atoms. The Kier molecular flexibility index (Phi) is 3.83. The Morgan fingerprint density at radius 1 is 1.17 bits per heavy atom. The highest BCUT2D eigenvalue weighted by molar-refractivity contribution is 5.49. The molecule has 0 aromatic heterocycles. The molecule has 5 atom stereocenters. The maximum absolute atomic E-state index is 10.5. The number of phenols is 1. The van der Waals surface area contributed by atoms with E-state index in [2.05, 4.69) is 13.0 Å². The lowest BCUT2D eigenvalue weighted by Crippen LogP contribution is -2.43. The van der Waals surface area contributed by atoms with Crippen LogP contribution in [0.2, 0.25) is 0 Å². The normalized spacial score (nSPS) is 37.7. The third-order valence-electron chi connectivity index (χ3n) is 7.12. The summed E-state index contributed by atoms with van der Waals surface area (Å²) in [4.78, 5) is 0. The van der Waals surface area contributed by atoms with Crippen LogP contribution in [-0.2, 0) is 6.42 Å². The third kappa shape index (κ3) is 2.35. The SMILES string of the molecule is CC(C)Oc1cc2c(cc1O)CC[C@@H]1[C@@H]2CC[C@]2(C)[C@@H](O)CC[C@@H]12. The van der Waals surface area contributed by atoms with Crippen molar-refractivity contribution < 1.29 is 14.9 Å². The van der Waals surface area contributed by atoms with Crippen molar-refractivity contribution in [2.45, 2.75) is 77.4 Å². The Morgan fingerprint density at radius 2 is 1.96 bits per heavy atom. The van der Waals surface area contributed by atoms with Crippen LogP contribution in [0, 0.1) is 17.3 Å². The number of aliphatic hydroxyl groups excluding tert-OH is 1. The molecule has 3 aliphatic carbocycles. The highest BCUT2D eigenvalue weighted by atomic mass is 16.5. The van der Waals surface area contributed by atoms with E-state index in [-0.39, 0.29) is 23.4 Å². The number of ether oxygens (including phenoxy) is 1. The van der Waals surface area contributed by atoms with Gasteiger partial charge in [0.15, 0.2) is 11.5 Å². The number of aromatic hydroxyl groups is 1. The van der Waals surface area contributed by atoms with Gasteiger partial charge in [-0.2, -0.15) is 0 Å².